The smallest absolute Gasteiger partial charge is 0.363 e. The lowest BCUT2D eigenvalue weighted by Crippen LogP contribution is -2.10. The molecule has 1 heterocycles. The van der Waals surface area contributed by atoms with Crippen molar-refractivity contribution in [3.63, 3.8) is 0 Å². The third-order valence-electron chi connectivity index (χ3n) is 5.04. The van der Waals surface area contributed by atoms with E-state index in [1.807, 2.05) is 57.2 Å². The molecule has 0 fully saturated rings. The van der Waals surface area contributed by atoms with Gasteiger partial charge >= 0.3 is 11.9 Å². The number of cyclic esters (lactones) is 1. The molecule has 0 aromatic heterocycles. The maximum Gasteiger partial charge on any atom is 0.363 e. The monoisotopic (exact) mass is 519 g/mol. The van der Waals surface area contributed by atoms with Crippen molar-refractivity contribution in [1.82, 2.24) is 0 Å². The van der Waals surface area contributed by atoms with Gasteiger partial charge in [0.15, 0.2) is 17.2 Å². The molecule has 4 rings (SSSR count). The largest absolute Gasteiger partial charge is 0.490 e. The van der Waals surface area contributed by atoms with Gasteiger partial charge in [-0.05, 0) is 84.7 Å². The van der Waals surface area contributed by atoms with Crippen LogP contribution in [0.2, 0.25) is 0 Å². The van der Waals surface area contributed by atoms with Crippen LogP contribution >= 0.6 is 15.9 Å². The van der Waals surface area contributed by atoms with Crippen molar-refractivity contribution >= 4 is 39.8 Å². The number of benzene rings is 3. The van der Waals surface area contributed by atoms with Gasteiger partial charge in [0.2, 0.25) is 5.90 Å². The third kappa shape index (κ3) is 5.26. The van der Waals surface area contributed by atoms with Gasteiger partial charge in [-0.1, -0.05) is 35.4 Å². The fraction of sp³-hybridized carbons (Fsp3) is 0.148. The Bertz CT molecular complexity index is 1310. The van der Waals surface area contributed by atoms with Crippen molar-refractivity contribution < 1.29 is 23.8 Å². The minimum atomic E-state index is -0.542. The van der Waals surface area contributed by atoms with E-state index in [0.29, 0.717) is 28.0 Å². The Morgan fingerprint density at radius 1 is 1.03 bits per heavy atom. The molecule has 6 nitrogen and oxygen atoms in total. The van der Waals surface area contributed by atoms with Gasteiger partial charge in [0.1, 0.15) is 0 Å². The molecule has 0 bridgehead atoms. The van der Waals surface area contributed by atoms with Crippen molar-refractivity contribution in [2.24, 2.45) is 4.99 Å². The lowest BCUT2D eigenvalue weighted by molar-refractivity contribution is -0.129. The fourth-order valence-electron chi connectivity index (χ4n) is 3.26. The number of carbonyl (C=O) groups is 2. The molecule has 3 aromatic rings. The Hall–Kier alpha value is -3.71. The number of halogens is 1. The van der Waals surface area contributed by atoms with Gasteiger partial charge in [-0.3, -0.25) is 0 Å². The average Bonchev–Trinajstić information content (AvgIpc) is 3.17. The van der Waals surface area contributed by atoms with Crippen LogP contribution in [0.25, 0.3) is 6.08 Å². The van der Waals surface area contributed by atoms with Gasteiger partial charge in [0.05, 0.1) is 16.6 Å². The Morgan fingerprint density at radius 3 is 2.32 bits per heavy atom. The molecule has 0 saturated heterocycles. The Kier molecular flexibility index (Phi) is 6.93. The van der Waals surface area contributed by atoms with E-state index in [0.717, 1.165) is 16.7 Å². The second kappa shape index (κ2) is 10.1. The number of rotatable bonds is 6. The average molecular weight is 520 g/mol. The predicted octanol–water partition coefficient (Wildman–Crippen LogP) is 6.03. The summed E-state index contributed by atoms with van der Waals surface area (Å²) in [6.07, 6.45) is 1.60. The molecule has 0 amide bonds. The van der Waals surface area contributed by atoms with Crippen LogP contribution in [0.3, 0.4) is 0 Å². The number of nitrogens with zero attached hydrogens (tertiary/aromatic N) is 1. The van der Waals surface area contributed by atoms with Gasteiger partial charge in [-0.2, -0.15) is 0 Å². The summed E-state index contributed by atoms with van der Waals surface area (Å²) in [5.74, 6) is -0.172. The highest BCUT2D eigenvalue weighted by Crippen LogP contribution is 2.38. The summed E-state index contributed by atoms with van der Waals surface area (Å²) in [5.41, 5.74) is 4.08. The first-order chi connectivity index (χ1) is 16.3. The molecule has 172 valence electrons. The summed E-state index contributed by atoms with van der Waals surface area (Å²) >= 11 is 3.46. The van der Waals surface area contributed by atoms with Gasteiger partial charge in [-0.25, -0.2) is 14.6 Å². The molecule has 0 unspecified atom stereocenters. The highest BCUT2D eigenvalue weighted by Gasteiger charge is 2.25. The molecule has 34 heavy (non-hydrogen) atoms. The van der Waals surface area contributed by atoms with E-state index in [2.05, 4.69) is 20.9 Å². The number of hydrogen-bond donors (Lipinski definition) is 0. The highest BCUT2D eigenvalue weighted by atomic mass is 79.9. The van der Waals surface area contributed by atoms with Crippen molar-refractivity contribution in [1.29, 1.82) is 0 Å². The van der Waals surface area contributed by atoms with Crippen molar-refractivity contribution in [2.75, 3.05) is 6.61 Å². The van der Waals surface area contributed by atoms with Crippen LogP contribution in [0, 0.1) is 13.8 Å². The summed E-state index contributed by atoms with van der Waals surface area (Å²) in [7, 11) is 0. The molecular weight excluding hydrogens is 498 g/mol. The fourth-order valence-corrected chi connectivity index (χ4v) is 3.80. The van der Waals surface area contributed by atoms with Gasteiger partial charge < -0.3 is 14.2 Å². The van der Waals surface area contributed by atoms with Crippen LogP contribution in [0.4, 0.5) is 0 Å². The van der Waals surface area contributed by atoms with Gasteiger partial charge in [0.25, 0.3) is 0 Å². The first kappa shape index (κ1) is 23.4. The predicted molar refractivity (Wildman–Crippen MR) is 133 cm³/mol. The van der Waals surface area contributed by atoms with Crippen LogP contribution in [0.1, 0.15) is 39.5 Å². The minimum Gasteiger partial charge on any atom is -0.490 e. The zero-order chi connectivity index (χ0) is 24.2. The maximum absolute atomic E-state index is 12.6. The highest BCUT2D eigenvalue weighted by molar-refractivity contribution is 9.10. The molecule has 0 N–H and O–H groups in total. The topological polar surface area (TPSA) is 74.2 Å². The van der Waals surface area contributed by atoms with E-state index in [1.165, 1.54) is 0 Å². The molecule has 0 atom stereocenters. The zero-order valence-corrected chi connectivity index (χ0v) is 20.5. The zero-order valence-electron chi connectivity index (χ0n) is 18.9. The Labute approximate surface area is 206 Å². The van der Waals surface area contributed by atoms with E-state index >= 15 is 0 Å². The van der Waals surface area contributed by atoms with Crippen LogP contribution in [0.5, 0.6) is 11.5 Å². The number of esters is 2. The summed E-state index contributed by atoms with van der Waals surface area (Å²) < 4.78 is 17.2. The molecule has 0 spiro atoms. The minimum absolute atomic E-state index is 0.161. The molecule has 7 heteroatoms. The molecule has 3 aromatic carbocycles. The molecule has 1 aliphatic rings. The number of aliphatic imine (C=N–C) groups is 1. The van der Waals surface area contributed by atoms with Crippen LogP contribution in [-0.4, -0.2) is 24.4 Å². The SMILES string of the molecule is CCOc1cc(/C=C2\N=C(c3ccc(C)cc3)OC2=O)cc(Br)c1OC(=O)c1ccc(C)cc1. The van der Waals surface area contributed by atoms with Crippen LogP contribution in [-0.2, 0) is 9.53 Å². The standard InChI is InChI=1S/C27H22BrNO5/c1-4-32-23-15-18(13-21(28)24(23)33-26(30)20-11-7-17(3)8-12-20)14-22-27(31)34-25(29-22)19-9-5-16(2)6-10-19/h5-15H,4H2,1-3H3/b22-14-. The van der Waals surface area contributed by atoms with Crippen molar-refractivity contribution in [3.05, 3.63) is 98.7 Å². The molecular formula is C27H22BrNO5. The third-order valence-corrected chi connectivity index (χ3v) is 5.63. The summed E-state index contributed by atoms with van der Waals surface area (Å²) in [5, 5.41) is 0. The van der Waals surface area contributed by atoms with Crippen molar-refractivity contribution in [2.45, 2.75) is 20.8 Å². The van der Waals surface area contributed by atoms with E-state index in [1.54, 1.807) is 30.3 Å². The van der Waals surface area contributed by atoms with E-state index in [-0.39, 0.29) is 17.3 Å². The normalized spacial score (nSPS) is 14.1. The first-order valence-electron chi connectivity index (χ1n) is 10.7. The molecule has 0 aliphatic carbocycles. The van der Waals surface area contributed by atoms with Crippen molar-refractivity contribution in [3.8, 4) is 11.5 Å². The first-order valence-corrected chi connectivity index (χ1v) is 11.5. The number of ether oxygens (including phenoxy) is 3. The second-order valence-corrected chi connectivity index (χ2v) is 8.57. The summed E-state index contributed by atoms with van der Waals surface area (Å²) in [6.45, 7) is 6.11. The number of aryl methyl sites for hydroxylation is 2. The van der Waals surface area contributed by atoms with Crippen LogP contribution in [0.15, 0.2) is 75.8 Å². The van der Waals surface area contributed by atoms with E-state index in [4.69, 9.17) is 14.2 Å². The van der Waals surface area contributed by atoms with Gasteiger partial charge in [-0.15, -0.1) is 0 Å². The summed E-state index contributed by atoms with van der Waals surface area (Å²) in [4.78, 5) is 29.4. The molecule has 0 saturated carbocycles. The lowest BCUT2D eigenvalue weighted by Gasteiger charge is -2.13. The second-order valence-electron chi connectivity index (χ2n) is 7.72. The van der Waals surface area contributed by atoms with Gasteiger partial charge in [0, 0.05) is 5.56 Å². The lowest BCUT2D eigenvalue weighted by atomic mass is 10.1. The maximum atomic E-state index is 12.6. The number of hydrogen-bond acceptors (Lipinski definition) is 6. The molecule has 1 aliphatic heterocycles. The van der Waals surface area contributed by atoms with Crippen LogP contribution < -0.4 is 9.47 Å². The Balaban J connectivity index is 1.63. The summed E-state index contributed by atoms with van der Waals surface area (Å²) in [6, 6.07) is 18.1. The molecule has 0 radical (unpaired) electrons. The quantitative estimate of drug-likeness (QED) is 0.226. The Morgan fingerprint density at radius 2 is 1.68 bits per heavy atom. The van der Waals surface area contributed by atoms with E-state index in [9.17, 15) is 9.59 Å². The number of carbonyl (C=O) groups excluding carboxylic acids is 2. The van der Waals surface area contributed by atoms with E-state index < -0.39 is 11.9 Å².